The van der Waals surface area contributed by atoms with E-state index in [0.717, 1.165) is 13.1 Å². The van der Waals surface area contributed by atoms with Gasteiger partial charge in [-0.25, -0.2) is 13.2 Å². The summed E-state index contributed by atoms with van der Waals surface area (Å²) in [5.41, 5.74) is 3.76. The molecule has 5 aromatic rings. The van der Waals surface area contributed by atoms with E-state index in [-0.39, 0.29) is 0 Å². The van der Waals surface area contributed by atoms with Crippen LogP contribution in [0.4, 0.5) is 22.0 Å². The molecule has 0 N–H and O–H groups in total. The maximum Gasteiger partial charge on any atom is 0.283 e. The van der Waals surface area contributed by atoms with Crippen molar-refractivity contribution in [1.82, 2.24) is 0 Å². The third kappa shape index (κ3) is 9.69. The minimum Gasteiger partial charge on any atom is -0.860 e. The molecule has 0 spiro atoms. The highest BCUT2D eigenvalue weighted by Gasteiger charge is 2.26. The molecule has 0 atom stereocenters. The summed E-state index contributed by atoms with van der Waals surface area (Å²) in [6.45, 7) is 1.48. The molecule has 226 valence electrons. The molecule has 5 rings (SSSR count). The smallest absolute Gasteiger partial charge is 0.283 e. The predicted molar refractivity (Wildman–Crippen MR) is 146 cm³/mol. The van der Waals surface area contributed by atoms with Gasteiger partial charge in [-0.2, -0.15) is 28.4 Å². The molecule has 0 aliphatic rings. The normalized spacial score (nSPS) is 9.80. The molecule has 0 bridgehead atoms. The first-order valence-electron chi connectivity index (χ1n) is 13.0. The Kier molecular flexibility index (Phi) is 12.7. The number of benzene rings is 3. The summed E-state index contributed by atoms with van der Waals surface area (Å²) in [4.78, 5) is 0. The van der Waals surface area contributed by atoms with Gasteiger partial charge in [0, 0.05) is 35.4 Å². The van der Waals surface area contributed by atoms with Crippen LogP contribution in [0.3, 0.4) is 0 Å². The molecule has 0 fully saturated rings. The van der Waals surface area contributed by atoms with Crippen LogP contribution in [0.1, 0.15) is 22.5 Å². The number of rotatable bonds is 6. The predicted octanol–water partition coefficient (Wildman–Crippen LogP) is 3.25. The highest BCUT2D eigenvalue weighted by Crippen LogP contribution is 2.28. The van der Waals surface area contributed by atoms with Crippen LogP contribution in [0.25, 0.3) is 0 Å². The Labute approximate surface area is 255 Å². The van der Waals surface area contributed by atoms with Crippen LogP contribution >= 0.6 is 0 Å². The van der Waals surface area contributed by atoms with Crippen molar-refractivity contribution in [2.45, 2.75) is 13.1 Å². The highest BCUT2D eigenvalue weighted by atomic mass is 19.2. The molecule has 7 nitrogen and oxygen atoms in total. The van der Waals surface area contributed by atoms with Gasteiger partial charge in [0.15, 0.2) is 43.4 Å². The summed E-state index contributed by atoms with van der Waals surface area (Å²) in [6, 6.07) is 35.8. The number of hydrogen-bond acceptors (Lipinski definition) is 5. The Balaban J connectivity index is 0.000000184. The maximum absolute atomic E-state index is 12.6. The van der Waals surface area contributed by atoms with Crippen LogP contribution in [0.2, 0.25) is 0 Å². The maximum atomic E-state index is 12.6. The summed E-state index contributed by atoms with van der Waals surface area (Å²) in [5.74, 6) is -13.6. The van der Waals surface area contributed by atoms with Crippen molar-refractivity contribution in [3.05, 3.63) is 161 Å². The van der Waals surface area contributed by atoms with Gasteiger partial charge in [-0.15, -0.1) is 0 Å². The molecule has 0 amide bonds. The quantitative estimate of drug-likeness (QED) is 0.0957. The highest BCUT2D eigenvalue weighted by molar-refractivity contribution is 6.29. The molecule has 45 heavy (non-hydrogen) atoms. The molecular formula is C32H22BF5N4O3. The third-order valence-corrected chi connectivity index (χ3v) is 5.89. The number of halogens is 5. The van der Waals surface area contributed by atoms with Crippen molar-refractivity contribution in [1.29, 1.82) is 10.5 Å². The molecule has 2 heterocycles. The average molecular weight is 616 g/mol. The van der Waals surface area contributed by atoms with E-state index in [2.05, 4.69) is 41.1 Å². The van der Waals surface area contributed by atoms with Crippen LogP contribution < -0.4 is 23.8 Å². The lowest BCUT2D eigenvalue weighted by atomic mass is 10.2. The molecule has 0 aliphatic heterocycles. The number of pyridine rings is 2. The molecular weight excluding hydrogens is 594 g/mol. The summed E-state index contributed by atoms with van der Waals surface area (Å²) in [6.07, 6.45) is 3.84. The van der Waals surface area contributed by atoms with Gasteiger partial charge in [-0.3, -0.25) is 0 Å². The van der Waals surface area contributed by atoms with Crippen molar-refractivity contribution in [2.24, 2.45) is 0 Å². The first-order valence-corrected chi connectivity index (χ1v) is 13.0. The minimum absolute atomic E-state index is 0.682. The van der Waals surface area contributed by atoms with Gasteiger partial charge in [-0.05, 0) is 12.1 Å². The topological polar surface area (TPSA) is 111 Å². The van der Waals surface area contributed by atoms with Crippen molar-refractivity contribution in [2.75, 3.05) is 0 Å². The Bertz CT molecular complexity index is 1680. The van der Waals surface area contributed by atoms with Crippen LogP contribution in [0.5, 0.6) is 5.75 Å². The summed E-state index contributed by atoms with van der Waals surface area (Å²) >= 11 is 0. The van der Waals surface area contributed by atoms with Gasteiger partial charge in [0.05, 0.1) is 0 Å². The van der Waals surface area contributed by atoms with E-state index in [1.165, 1.54) is 11.1 Å². The van der Waals surface area contributed by atoms with E-state index in [1.54, 1.807) is 0 Å². The second-order valence-corrected chi connectivity index (χ2v) is 8.93. The first kappa shape index (κ1) is 33.9. The summed E-state index contributed by atoms with van der Waals surface area (Å²) in [7, 11) is -3.20. The Morgan fingerprint density at radius 3 is 1.27 bits per heavy atom. The second kappa shape index (κ2) is 16.9. The van der Waals surface area contributed by atoms with Crippen molar-refractivity contribution >= 4 is 7.32 Å². The van der Waals surface area contributed by atoms with E-state index >= 15 is 0 Å². The van der Waals surface area contributed by atoms with E-state index in [4.69, 9.17) is 10.5 Å². The standard InChI is InChI=1S/2C13H11N2.C6BF5O3/c2*14-10-13-8-4-5-9-15(13)11-12-6-2-1-3-7-12;8-1-2(9)4(11)6(15-7(13)14)5(12)3(1)10/h2*1-9H,11H2;/q2*+1;-2. The van der Waals surface area contributed by atoms with Gasteiger partial charge >= 0.3 is 0 Å². The fraction of sp³-hybridized carbons (Fsp3) is 0.0625. The van der Waals surface area contributed by atoms with Crippen LogP contribution in [0, 0.1) is 51.7 Å². The molecule has 13 heteroatoms. The second-order valence-electron chi connectivity index (χ2n) is 8.93. The number of aromatic nitrogens is 2. The fourth-order valence-corrected chi connectivity index (χ4v) is 3.78. The van der Waals surface area contributed by atoms with Gasteiger partial charge in [-0.1, -0.05) is 60.7 Å². The third-order valence-electron chi connectivity index (χ3n) is 5.89. The lowest BCUT2D eigenvalue weighted by Crippen LogP contribution is -2.50. The summed E-state index contributed by atoms with van der Waals surface area (Å²) < 4.78 is 69.8. The monoisotopic (exact) mass is 616 g/mol. The lowest BCUT2D eigenvalue weighted by Gasteiger charge is -2.27. The number of nitrogens with zero attached hydrogens (tertiary/aromatic N) is 4. The van der Waals surface area contributed by atoms with Gasteiger partial charge in [0.25, 0.3) is 11.4 Å². The van der Waals surface area contributed by atoms with Crippen molar-refractivity contribution in [3.63, 3.8) is 0 Å². The molecule has 0 unspecified atom stereocenters. The van der Waals surface area contributed by atoms with E-state index in [1.807, 2.05) is 94.3 Å². The van der Waals surface area contributed by atoms with E-state index in [0.29, 0.717) is 11.4 Å². The first-order chi connectivity index (χ1) is 21.7. The Morgan fingerprint density at radius 1 is 0.556 bits per heavy atom. The van der Waals surface area contributed by atoms with Crippen molar-refractivity contribution in [3.8, 4) is 17.9 Å². The Morgan fingerprint density at radius 2 is 0.911 bits per heavy atom. The average Bonchev–Trinajstić information content (AvgIpc) is 3.07. The van der Waals surface area contributed by atoms with Crippen LogP contribution in [-0.4, -0.2) is 7.32 Å². The molecule has 0 aliphatic carbocycles. The summed E-state index contributed by atoms with van der Waals surface area (Å²) in [5, 5.41) is 37.6. The zero-order valence-corrected chi connectivity index (χ0v) is 23.3. The minimum atomic E-state index is -3.20. The molecule has 3 aromatic carbocycles. The van der Waals surface area contributed by atoms with Gasteiger partial charge in [0.1, 0.15) is 7.32 Å². The molecule has 0 radical (unpaired) electrons. The zero-order valence-electron chi connectivity index (χ0n) is 23.3. The van der Waals surface area contributed by atoms with Crippen molar-refractivity contribution < 1.29 is 45.8 Å². The van der Waals surface area contributed by atoms with Gasteiger partial charge in [0.2, 0.25) is 29.1 Å². The largest absolute Gasteiger partial charge is 0.860 e. The molecule has 0 saturated heterocycles. The molecule has 2 aromatic heterocycles. The van der Waals surface area contributed by atoms with Crippen LogP contribution in [-0.2, 0) is 13.1 Å². The lowest BCUT2D eigenvalue weighted by molar-refractivity contribution is -0.690. The number of nitriles is 2. The SMILES string of the molecule is N#Cc1cccc[n+]1Cc1ccccc1.N#Cc1cccc[n+]1Cc1ccccc1.[O-]B([O-])Oc1c(F)c(F)c(F)c(F)c1F. The Hall–Kier alpha value is -5.63. The zero-order chi connectivity index (χ0) is 32.8. The van der Waals surface area contributed by atoms with Gasteiger partial charge < -0.3 is 14.7 Å². The number of hydrogen-bond donors (Lipinski definition) is 0. The van der Waals surface area contributed by atoms with E-state index < -0.39 is 42.2 Å². The van der Waals surface area contributed by atoms with E-state index in [9.17, 15) is 32.0 Å². The fourth-order valence-electron chi connectivity index (χ4n) is 3.78. The van der Waals surface area contributed by atoms with Crippen LogP contribution in [0.15, 0.2) is 109 Å². The molecule has 0 saturated carbocycles.